The van der Waals surface area contributed by atoms with E-state index in [0.29, 0.717) is 30.7 Å². The van der Waals surface area contributed by atoms with Gasteiger partial charge in [-0.3, -0.25) is 4.98 Å². The second kappa shape index (κ2) is 5.08. The third-order valence-electron chi connectivity index (χ3n) is 3.86. The number of halogens is 1. The highest BCUT2D eigenvalue weighted by Crippen LogP contribution is 2.36. The van der Waals surface area contributed by atoms with Crippen LogP contribution in [0.3, 0.4) is 0 Å². The molecule has 3 aromatic rings. The second-order valence-electron chi connectivity index (χ2n) is 5.77. The summed E-state index contributed by atoms with van der Waals surface area (Å²) < 4.78 is 18.6. The predicted octanol–water partition coefficient (Wildman–Crippen LogP) is 1.84. The van der Waals surface area contributed by atoms with Crippen molar-refractivity contribution >= 4 is 5.82 Å². The van der Waals surface area contributed by atoms with E-state index in [2.05, 4.69) is 25.1 Å². The normalized spacial score (nSPS) is 16.2. The summed E-state index contributed by atoms with van der Waals surface area (Å²) in [5.74, 6) is 1.07. The van der Waals surface area contributed by atoms with Crippen molar-refractivity contribution in [3.05, 3.63) is 48.8 Å². The van der Waals surface area contributed by atoms with E-state index in [1.807, 2.05) is 24.0 Å². The maximum absolute atomic E-state index is 12.8. The summed E-state index contributed by atoms with van der Waals surface area (Å²) in [6.45, 7) is 3.35. The molecule has 0 aromatic carbocycles. The Balaban J connectivity index is 1.51. The molecule has 0 spiro atoms. The number of hydrogen-bond donors (Lipinski definition) is 0. The molecule has 1 aliphatic rings. The molecular formula is C15H13FN6O. The second-order valence-corrected chi connectivity index (χ2v) is 5.77. The summed E-state index contributed by atoms with van der Waals surface area (Å²) in [6, 6.07) is 3.69. The first-order valence-corrected chi connectivity index (χ1v) is 7.11. The number of anilines is 1. The van der Waals surface area contributed by atoms with Crippen molar-refractivity contribution in [3.8, 4) is 11.5 Å². The van der Waals surface area contributed by atoms with Gasteiger partial charge in [0.2, 0.25) is 17.7 Å². The van der Waals surface area contributed by atoms with Crippen LogP contribution in [0, 0.1) is 5.95 Å². The van der Waals surface area contributed by atoms with Crippen LogP contribution < -0.4 is 4.90 Å². The van der Waals surface area contributed by atoms with Gasteiger partial charge in [-0.05, 0) is 19.1 Å². The minimum absolute atomic E-state index is 0.260. The van der Waals surface area contributed by atoms with E-state index in [-0.39, 0.29) is 5.41 Å². The molecule has 23 heavy (non-hydrogen) atoms. The minimum Gasteiger partial charge on any atom is -0.420 e. The van der Waals surface area contributed by atoms with E-state index < -0.39 is 5.95 Å². The zero-order chi connectivity index (χ0) is 15.9. The van der Waals surface area contributed by atoms with Crippen LogP contribution in [0.2, 0.25) is 0 Å². The van der Waals surface area contributed by atoms with Crippen LogP contribution in [0.4, 0.5) is 10.2 Å². The van der Waals surface area contributed by atoms with Crippen LogP contribution in [0.15, 0.2) is 41.3 Å². The number of aromatic nitrogens is 5. The van der Waals surface area contributed by atoms with Crippen LogP contribution in [-0.2, 0) is 5.41 Å². The van der Waals surface area contributed by atoms with Gasteiger partial charge in [-0.25, -0.2) is 9.97 Å². The van der Waals surface area contributed by atoms with Gasteiger partial charge < -0.3 is 9.32 Å². The van der Waals surface area contributed by atoms with Gasteiger partial charge in [0, 0.05) is 25.5 Å². The fraction of sp³-hybridized carbons (Fsp3) is 0.267. The summed E-state index contributed by atoms with van der Waals surface area (Å²) in [7, 11) is 0. The van der Waals surface area contributed by atoms with Crippen molar-refractivity contribution in [1.29, 1.82) is 0 Å². The fourth-order valence-electron chi connectivity index (χ4n) is 2.64. The molecule has 4 rings (SSSR count). The zero-order valence-corrected chi connectivity index (χ0v) is 12.3. The number of hydrogen-bond acceptors (Lipinski definition) is 7. The van der Waals surface area contributed by atoms with Crippen LogP contribution in [0.25, 0.3) is 11.5 Å². The molecule has 116 valence electrons. The van der Waals surface area contributed by atoms with Gasteiger partial charge in [0.1, 0.15) is 5.82 Å². The van der Waals surface area contributed by atoms with Gasteiger partial charge >= 0.3 is 0 Å². The Morgan fingerprint density at radius 1 is 1.17 bits per heavy atom. The lowest BCUT2D eigenvalue weighted by Crippen LogP contribution is -2.58. The Kier molecular flexibility index (Phi) is 3.03. The number of nitrogens with zero attached hydrogens (tertiary/aromatic N) is 6. The molecule has 7 nitrogen and oxygen atoms in total. The molecule has 0 saturated carbocycles. The molecule has 1 fully saturated rings. The summed E-state index contributed by atoms with van der Waals surface area (Å²) in [5.41, 5.74) is 0.527. The van der Waals surface area contributed by atoms with Crippen LogP contribution in [0.1, 0.15) is 12.8 Å². The Morgan fingerprint density at radius 3 is 2.74 bits per heavy atom. The van der Waals surface area contributed by atoms with E-state index in [0.717, 1.165) is 11.8 Å². The van der Waals surface area contributed by atoms with Gasteiger partial charge in [0.05, 0.1) is 23.4 Å². The first-order chi connectivity index (χ1) is 11.1. The quantitative estimate of drug-likeness (QED) is 0.730. The largest absolute Gasteiger partial charge is 0.420 e. The molecule has 1 aliphatic heterocycles. The van der Waals surface area contributed by atoms with Crippen molar-refractivity contribution in [3.63, 3.8) is 0 Å². The van der Waals surface area contributed by atoms with Crippen LogP contribution in [-0.4, -0.2) is 38.2 Å². The van der Waals surface area contributed by atoms with Crippen molar-refractivity contribution in [2.24, 2.45) is 0 Å². The Bertz CT molecular complexity index is 813. The van der Waals surface area contributed by atoms with Crippen molar-refractivity contribution < 1.29 is 8.81 Å². The van der Waals surface area contributed by atoms with Crippen molar-refractivity contribution in [1.82, 2.24) is 25.1 Å². The van der Waals surface area contributed by atoms with Gasteiger partial charge in [-0.15, -0.1) is 10.2 Å². The van der Waals surface area contributed by atoms with E-state index >= 15 is 0 Å². The third-order valence-corrected chi connectivity index (χ3v) is 3.86. The van der Waals surface area contributed by atoms with E-state index in [1.54, 1.807) is 12.4 Å². The average molecular weight is 312 g/mol. The number of pyridine rings is 1. The molecule has 3 aromatic heterocycles. The molecule has 0 aliphatic carbocycles. The lowest BCUT2D eigenvalue weighted by molar-refractivity contribution is 0.283. The number of rotatable bonds is 3. The SMILES string of the molecule is CC1(c2nnc(-c3cccnc3)o2)CN(c2cnc(F)cn2)C1. The average Bonchev–Trinajstić information content (AvgIpc) is 3.04. The standard InChI is InChI=1S/C15H13FN6O/c1-15(8-22(9-15)12-7-18-11(16)6-19-12)14-21-20-13(23-14)10-3-2-4-17-5-10/h2-7H,8-9H2,1H3. The minimum atomic E-state index is -0.588. The fourth-order valence-corrected chi connectivity index (χ4v) is 2.64. The zero-order valence-electron chi connectivity index (χ0n) is 12.3. The van der Waals surface area contributed by atoms with E-state index in [1.165, 1.54) is 6.20 Å². The molecule has 8 heteroatoms. The maximum atomic E-state index is 12.8. The lowest BCUT2D eigenvalue weighted by Gasteiger charge is -2.46. The van der Waals surface area contributed by atoms with Crippen molar-refractivity contribution in [2.75, 3.05) is 18.0 Å². The summed E-state index contributed by atoms with van der Waals surface area (Å²) in [4.78, 5) is 13.7. The van der Waals surface area contributed by atoms with E-state index in [4.69, 9.17) is 4.42 Å². The van der Waals surface area contributed by atoms with Crippen LogP contribution in [0.5, 0.6) is 0 Å². The molecule has 4 heterocycles. The molecule has 0 amide bonds. The van der Waals surface area contributed by atoms with Crippen molar-refractivity contribution in [2.45, 2.75) is 12.3 Å². The molecule has 0 atom stereocenters. The molecular weight excluding hydrogens is 299 g/mol. The first kappa shape index (κ1) is 13.7. The Labute approximate surface area is 131 Å². The highest BCUT2D eigenvalue weighted by molar-refractivity contribution is 5.50. The first-order valence-electron chi connectivity index (χ1n) is 7.11. The Morgan fingerprint density at radius 2 is 2.04 bits per heavy atom. The summed E-state index contributed by atoms with van der Waals surface area (Å²) >= 11 is 0. The monoisotopic (exact) mass is 312 g/mol. The predicted molar refractivity (Wildman–Crippen MR) is 79.1 cm³/mol. The molecule has 0 bridgehead atoms. The third kappa shape index (κ3) is 2.41. The summed E-state index contributed by atoms with van der Waals surface area (Å²) in [6.07, 6.45) is 5.90. The molecule has 0 N–H and O–H groups in total. The smallest absolute Gasteiger partial charge is 0.249 e. The maximum Gasteiger partial charge on any atom is 0.249 e. The highest BCUT2D eigenvalue weighted by atomic mass is 19.1. The molecule has 0 unspecified atom stereocenters. The Hall–Kier alpha value is -2.90. The molecule has 0 radical (unpaired) electrons. The molecule has 1 saturated heterocycles. The van der Waals surface area contributed by atoms with Gasteiger partial charge in [0.25, 0.3) is 0 Å². The van der Waals surface area contributed by atoms with Gasteiger partial charge in [-0.2, -0.15) is 4.39 Å². The lowest BCUT2D eigenvalue weighted by atomic mass is 9.82. The highest BCUT2D eigenvalue weighted by Gasteiger charge is 2.45. The topological polar surface area (TPSA) is 80.8 Å². The summed E-state index contributed by atoms with van der Waals surface area (Å²) in [5, 5.41) is 8.25. The van der Waals surface area contributed by atoms with Gasteiger partial charge in [0.15, 0.2) is 0 Å². The van der Waals surface area contributed by atoms with Gasteiger partial charge in [-0.1, -0.05) is 0 Å². The van der Waals surface area contributed by atoms with E-state index in [9.17, 15) is 4.39 Å². The van der Waals surface area contributed by atoms with Crippen LogP contribution >= 0.6 is 0 Å².